The number of piperazine rings is 1. The van der Waals surface area contributed by atoms with Gasteiger partial charge < -0.3 is 5.32 Å². The van der Waals surface area contributed by atoms with Gasteiger partial charge in [-0.05, 0) is 37.0 Å². The summed E-state index contributed by atoms with van der Waals surface area (Å²) < 4.78 is 13.6. The van der Waals surface area contributed by atoms with Gasteiger partial charge >= 0.3 is 0 Å². The fraction of sp³-hybridized carbons (Fsp3) is 0.647. The van der Waals surface area contributed by atoms with Crippen molar-refractivity contribution in [2.24, 2.45) is 5.92 Å². The first-order valence-electron chi connectivity index (χ1n) is 7.77. The van der Waals surface area contributed by atoms with Crippen LogP contribution in [0.15, 0.2) is 18.2 Å². The molecule has 1 aliphatic heterocycles. The molecule has 0 spiro atoms. The van der Waals surface area contributed by atoms with Crippen molar-refractivity contribution >= 4 is 11.6 Å². The van der Waals surface area contributed by atoms with E-state index in [0.29, 0.717) is 12.0 Å². The molecule has 1 fully saturated rings. The van der Waals surface area contributed by atoms with Crippen molar-refractivity contribution in [1.82, 2.24) is 10.2 Å². The topological polar surface area (TPSA) is 15.3 Å². The highest BCUT2D eigenvalue weighted by Gasteiger charge is 2.35. The van der Waals surface area contributed by atoms with Crippen LogP contribution in [-0.4, -0.2) is 29.6 Å². The Hall–Kier alpha value is -0.640. The van der Waals surface area contributed by atoms with E-state index in [-0.39, 0.29) is 16.4 Å². The summed E-state index contributed by atoms with van der Waals surface area (Å²) in [5.41, 5.74) is 1.12. The minimum atomic E-state index is -0.330. The number of rotatable bonds is 4. The van der Waals surface area contributed by atoms with Crippen molar-refractivity contribution < 1.29 is 4.39 Å². The van der Waals surface area contributed by atoms with E-state index in [1.807, 2.05) is 6.07 Å². The molecule has 21 heavy (non-hydrogen) atoms. The quantitative estimate of drug-likeness (QED) is 0.901. The third-order valence-electron chi connectivity index (χ3n) is 4.68. The highest BCUT2D eigenvalue weighted by atomic mass is 35.5. The van der Waals surface area contributed by atoms with Crippen LogP contribution in [0.4, 0.5) is 4.39 Å². The number of benzene rings is 1. The Morgan fingerprint density at radius 3 is 2.76 bits per heavy atom. The molecule has 1 aromatic rings. The fourth-order valence-corrected chi connectivity index (χ4v) is 3.16. The van der Waals surface area contributed by atoms with E-state index < -0.39 is 0 Å². The second kappa shape index (κ2) is 6.64. The third-order valence-corrected chi connectivity index (χ3v) is 4.99. The van der Waals surface area contributed by atoms with E-state index in [1.165, 1.54) is 0 Å². The van der Waals surface area contributed by atoms with Crippen molar-refractivity contribution in [2.75, 3.05) is 13.1 Å². The lowest BCUT2D eigenvalue weighted by atomic mass is 9.89. The third kappa shape index (κ3) is 3.97. The number of hydrogen-bond acceptors (Lipinski definition) is 2. The summed E-state index contributed by atoms with van der Waals surface area (Å²) in [5.74, 6) is 0.236. The van der Waals surface area contributed by atoms with E-state index in [0.717, 1.165) is 31.6 Å². The predicted molar refractivity (Wildman–Crippen MR) is 87.1 cm³/mol. The van der Waals surface area contributed by atoms with Crippen LogP contribution < -0.4 is 5.32 Å². The first-order valence-corrected chi connectivity index (χ1v) is 8.15. The summed E-state index contributed by atoms with van der Waals surface area (Å²) >= 11 is 5.77. The molecule has 4 heteroatoms. The van der Waals surface area contributed by atoms with Gasteiger partial charge in [-0.25, -0.2) is 4.39 Å². The Bertz CT molecular complexity index is 492. The SMILES string of the molecule is CCC1(C)CN(Cc2ccc(Cl)c(F)c2)C(C(C)C)CN1. The van der Waals surface area contributed by atoms with Gasteiger partial charge in [0, 0.05) is 31.2 Å². The smallest absolute Gasteiger partial charge is 0.142 e. The molecule has 0 aromatic heterocycles. The molecule has 0 saturated carbocycles. The number of nitrogens with one attached hydrogen (secondary N) is 1. The number of nitrogens with zero attached hydrogens (tertiary/aromatic N) is 1. The zero-order chi connectivity index (χ0) is 15.6. The molecule has 2 nitrogen and oxygen atoms in total. The van der Waals surface area contributed by atoms with Crippen LogP contribution in [0, 0.1) is 11.7 Å². The molecule has 0 radical (unpaired) electrons. The number of halogens is 2. The molecule has 1 aromatic carbocycles. The maximum atomic E-state index is 13.6. The van der Waals surface area contributed by atoms with Crippen LogP contribution in [0.5, 0.6) is 0 Å². The largest absolute Gasteiger partial charge is 0.309 e. The standard InChI is InChI=1S/C17H26ClFN2/c1-5-17(4)11-21(16(9-20-17)12(2)3)10-13-6-7-14(18)15(19)8-13/h6-8,12,16,20H,5,9-11H2,1-4H3. The normalized spacial score (nSPS) is 27.3. The fourth-order valence-electron chi connectivity index (χ4n) is 3.04. The van der Waals surface area contributed by atoms with Crippen LogP contribution in [0.2, 0.25) is 5.02 Å². The Labute approximate surface area is 132 Å². The minimum absolute atomic E-state index is 0.135. The molecule has 0 bridgehead atoms. The Morgan fingerprint density at radius 2 is 2.19 bits per heavy atom. The molecule has 1 aliphatic rings. The van der Waals surface area contributed by atoms with Crippen LogP contribution in [-0.2, 0) is 6.54 Å². The Balaban J connectivity index is 2.17. The highest BCUT2D eigenvalue weighted by Crippen LogP contribution is 2.25. The summed E-state index contributed by atoms with van der Waals surface area (Å²) in [6.45, 7) is 11.7. The Morgan fingerprint density at radius 1 is 1.48 bits per heavy atom. The molecule has 2 unspecified atom stereocenters. The zero-order valence-electron chi connectivity index (χ0n) is 13.4. The average molecular weight is 313 g/mol. The first-order chi connectivity index (χ1) is 9.84. The van der Waals surface area contributed by atoms with Crippen molar-refractivity contribution in [1.29, 1.82) is 0 Å². The second-order valence-electron chi connectivity index (χ2n) is 6.76. The lowest BCUT2D eigenvalue weighted by Crippen LogP contribution is -2.63. The van der Waals surface area contributed by atoms with Crippen LogP contribution in [0.1, 0.15) is 39.7 Å². The molecule has 118 valence electrons. The molecule has 0 amide bonds. The monoisotopic (exact) mass is 312 g/mol. The van der Waals surface area contributed by atoms with Crippen molar-refractivity contribution in [3.8, 4) is 0 Å². The molecule has 2 rings (SSSR count). The van der Waals surface area contributed by atoms with Gasteiger partial charge in [-0.2, -0.15) is 0 Å². The lowest BCUT2D eigenvalue weighted by Gasteiger charge is -2.47. The van der Waals surface area contributed by atoms with Crippen LogP contribution in [0.3, 0.4) is 0 Å². The molecule has 0 aliphatic carbocycles. The maximum absolute atomic E-state index is 13.6. The van der Waals surface area contributed by atoms with Gasteiger partial charge in [0.1, 0.15) is 5.82 Å². The van der Waals surface area contributed by atoms with Gasteiger partial charge in [0.25, 0.3) is 0 Å². The van der Waals surface area contributed by atoms with Crippen LogP contribution >= 0.6 is 11.6 Å². The van der Waals surface area contributed by atoms with Gasteiger partial charge in [-0.1, -0.05) is 38.4 Å². The van der Waals surface area contributed by atoms with Gasteiger partial charge in [-0.15, -0.1) is 0 Å². The zero-order valence-corrected chi connectivity index (χ0v) is 14.2. The molecular formula is C17H26ClFN2. The molecule has 2 atom stereocenters. The van der Waals surface area contributed by atoms with Crippen molar-refractivity contribution in [3.63, 3.8) is 0 Å². The molecule has 1 N–H and O–H groups in total. The van der Waals surface area contributed by atoms with E-state index in [2.05, 4.69) is 37.9 Å². The second-order valence-corrected chi connectivity index (χ2v) is 7.17. The molecule has 1 heterocycles. The summed E-state index contributed by atoms with van der Waals surface area (Å²) in [5, 5.41) is 3.87. The van der Waals surface area contributed by atoms with Crippen LogP contribution in [0.25, 0.3) is 0 Å². The van der Waals surface area contributed by atoms with Gasteiger partial charge in [0.15, 0.2) is 0 Å². The average Bonchev–Trinajstić information content (AvgIpc) is 2.43. The molecule has 1 saturated heterocycles. The van der Waals surface area contributed by atoms with E-state index in [1.54, 1.807) is 12.1 Å². The van der Waals surface area contributed by atoms with Crippen molar-refractivity contribution in [3.05, 3.63) is 34.6 Å². The highest BCUT2D eigenvalue weighted by molar-refractivity contribution is 6.30. The predicted octanol–water partition coefficient (Wildman–Crippen LogP) is 4.08. The molecular weight excluding hydrogens is 287 g/mol. The van der Waals surface area contributed by atoms with Gasteiger partial charge in [0.2, 0.25) is 0 Å². The minimum Gasteiger partial charge on any atom is -0.309 e. The van der Waals surface area contributed by atoms with Crippen molar-refractivity contribution in [2.45, 2.75) is 52.2 Å². The first kappa shape index (κ1) is 16.7. The summed E-state index contributed by atoms with van der Waals surface area (Å²) in [6, 6.07) is 5.61. The Kier molecular flexibility index (Phi) is 5.29. The summed E-state index contributed by atoms with van der Waals surface area (Å²) in [4.78, 5) is 2.48. The summed E-state index contributed by atoms with van der Waals surface area (Å²) in [6.07, 6.45) is 1.09. The van der Waals surface area contributed by atoms with Gasteiger partial charge in [0.05, 0.1) is 5.02 Å². The van der Waals surface area contributed by atoms with Gasteiger partial charge in [-0.3, -0.25) is 4.90 Å². The summed E-state index contributed by atoms with van der Waals surface area (Å²) in [7, 11) is 0. The number of hydrogen-bond donors (Lipinski definition) is 1. The van der Waals surface area contributed by atoms with E-state index in [4.69, 9.17) is 11.6 Å². The lowest BCUT2D eigenvalue weighted by molar-refractivity contribution is 0.0538. The van der Waals surface area contributed by atoms with E-state index >= 15 is 0 Å². The van der Waals surface area contributed by atoms with E-state index in [9.17, 15) is 4.39 Å². The maximum Gasteiger partial charge on any atom is 0.142 e.